The molecule has 0 saturated carbocycles. The van der Waals surface area contributed by atoms with E-state index in [0.29, 0.717) is 18.5 Å². The van der Waals surface area contributed by atoms with Crippen molar-refractivity contribution in [1.29, 1.82) is 0 Å². The highest BCUT2D eigenvalue weighted by molar-refractivity contribution is 6.01. The molecule has 0 aliphatic rings. The highest BCUT2D eigenvalue weighted by Gasteiger charge is 2.17. The molecule has 0 atom stereocenters. The van der Waals surface area contributed by atoms with Gasteiger partial charge in [-0.2, -0.15) is 0 Å². The highest BCUT2D eigenvalue weighted by atomic mass is 16.4. The lowest BCUT2D eigenvalue weighted by Crippen LogP contribution is -2.08. The number of carboxylic acids is 1. The lowest BCUT2D eigenvalue weighted by molar-refractivity contribution is 0.0699. The first-order chi connectivity index (χ1) is 10.1. The summed E-state index contributed by atoms with van der Waals surface area (Å²) in [5.41, 5.74) is 1.54. The summed E-state index contributed by atoms with van der Waals surface area (Å²) in [6.07, 6.45) is 2.36. The van der Waals surface area contributed by atoms with Crippen LogP contribution >= 0.6 is 0 Å². The number of rotatable bonds is 4. The van der Waals surface area contributed by atoms with Gasteiger partial charge in [-0.1, -0.05) is 13.0 Å². The van der Waals surface area contributed by atoms with Crippen molar-refractivity contribution in [3.05, 3.63) is 41.7 Å². The Kier molecular flexibility index (Phi) is 3.17. The lowest BCUT2D eigenvalue weighted by Gasteiger charge is -2.07. The van der Waals surface area contributed by atoms with Crippen molar-refractivity contribution in [2.45, 2.75) is 19.9 Å². The number of aromatic carboxylic acids is 1. The first-order valence-corrected chi connectivity index (χ1v) is 6.66. The number of aromatic nitrogens is 5. The summed E-state index contributed by atoms with van der Waals surface area (Å²) in [4.78, 5) is 15.8. The summed E-state index contributed by atoms with van der Waals surface area (Å²) in [7, 11) is 1.88. The second-order valence-electron chi connectivity index (χ2n) is 4.80. The van der Waals surface area contributed by atoms with Crippen LogP contribution in [0.15, 0.2) is 24.5 Å². The number of nitrogens with zero attached hydrogens (tertiary/aromatic N) is 5. The third-order valence-electron chi connectivity index (χ3n) is 3.51. The predicted molar refractivity (Wildman–Crippen MR) is 76.2 cm³/mol. The Balaban J connectivity index is 2.19. The molecule has 0 spiro atoms. The van der Waals surface area contributed by atoms with Crippen LogP contribution < -0.4 is 0 Å². The molecule has 0 unspecified atom stereocenters. The molecule has 3 rings (SSSR count). The number of hydrogen-bond acceptors (Lipinski definition) is 4. The molecule has 1 aromatic carbocycles. The van der Waals surface area contributed by atoms with E-state index in [1.807, 2.05) is 29.2 Å². The maximum absolute atomic E-state index is 11.3. The van der Waals surface area contributed by atoms with Crippen molar-refractivity contribution < 1.29 is 9.90 Å². The molecule has 0 saturated heterocycles. The smallest absolute Gasteiger partial charge is 0.337 e. The first kappa shape index (κ1) is 13.3. The van der Waals surface area contributed by atoms with Crippen molar-refractivity contribution in [3.8, 4) is 0 Å². The summed E-state index contributed by atoms with van der Waals surface area (Å²) in [5, 5.41) is 17.2. The van der Waals surface area contributed by atoms with E-state index in [-0.39, 0.29) is 5.56 Å². The number of aryl methyl sites for hydroxylation is 2. The van der Waals surface area contributed by atoms with E-state index < -0.39 is 5.97 Å². The van der Waals surface area contributed by atoms with Crippen molar-refractivity contribution >= 4 is 17.0 Å². The molecule has 0 aliphatic carbocycles. The summed E-state index contributed by atoms with van der Waals surface area (Å²) in [6.45, 7) is 2.51. The number of hydrogen-bond donors (Lipinski definition) is 1. The quantitative estimate of drug-likeness (QED) is 0.784. The molecule has 2 heterocycles. The van der Waals surface area contributed by atoms with Gasteiger partial charge in [0.1, 0.15) is 17.7 Å². The molecule has 108 valence electrons. The maximum atomic E-state index is 11.3. The van der Waals surface area contributed by atoms with Crippen LogP contribution in [0, 0.1) is 0 Å². The topological polar surface area (TPSA) is 85.8 Å². The predicted octanol–water partition coefficient (Wildman–Crippen LogP) is 1.47. The maximum Gasteiger partial charge on any atom is 0.337 e. The Hall–Kier alpha value is -2.70. The fourth-order valence-corrected chi connectivity index (χ4v) is 2.41. The summed E-state index contributed by atoms with van der Waals surface area (Å²) >= 11 is 0. The van der Waals surface area contributed by atoms with Crippen LogP contribution in [0.5, 0.6) is 0 Å². The van der Waals surface area contributed by atoms with Gasteiger partial charge in [0.05, 0.1) is 17.6 Å². The molecule has 0 bridgehead atoms. The van der Waals surface area contributed by atoms with Gasteiger partial charge in [-0.25, -0.2) is 9.78 Å². The first-order valence-electron chi connectivity index (χ1n) is 6.66. The van der Waals surface area contributed by atoms with Crippen molar-refractivity contribution in [1.82, 2.24) is 24.3 Å². The summed E-state index contributed by atoms with van der Waals surface area (Å²) in [6, 6.07) is 5.19. The van der Waals surface area contributed by atoms with Gasteiger partial charge in [-0.15, -0.1) is 10.2 Å². The van der Waals surface area contributed by atoms with Crippen LogP contribution in [0.1, 0.15) is 28.9 Å². The summed E-state index contributed by atoms with van der Waals surface area (Å²) < 4.78 is 3.83. The zero-order valence-electron chi connectivity index (χ0n) is 11.8. The zero-order valence-corrected chi connectivity index (χ0v) is 11.8. The minimum atomic E-state index is -0.966. The fourth-order valence-electron chi connectivity index (χ4n) is 2.41. The van der Waals surface area contributed by atoms with Crippen LogP contribution in [-0.4, -0.2) is 35.4 Å². The number of fused-ring (bicyclic) bond motifs is 1. The monoisotopic (exact) mass is 285 g/mol. The largest absolute Gasteiger partial charge is 0.478 e. The van der Waals surface area contributed by atoms with Crippen molar-refractivity contribution in [2.75, 3.05) is 0 Å². The second kappa shape index (κ2) is 5.01. The molecule has 3 aromatic rings. The van der Waals surface area contributed by atoms with E-state index in [9.17, 15) is 9.90 Å². The standard InChI is InChI=1S/C14H15N5O2/c1-3-11-16-13-9(14(20)21)5-4-6-10(13)19(11)7-12-17-15-8-18(12)2/h4-6,8H,3,7H2,1-2H3,(H,20,21). The normalized spacial score (nSPS) is 11.1. The van der Waals surface area contributed by atoms with Gasteiger partial charge in [0.15, 0.2) is 5.82 Å². The van der Waals surface area contributed by atoms with Crippen LogP contribution in [0.3, 0.4) is 0 Å². The van der Waals surface area contributed by atoms with Crippen molar-refractivity contribution in [3.63, 3.8) is 0 Å². The molecule has 0 amide bonds. The molecule has 2 aromatic heterocycles. The lowest BCUT2D eigenvalue weighted by atomic mass is 10.2. The molecular weight excluding hydrogens is 270 g/mol. The Morgan fingerprint density at radius 1 is 1.33 bits per heavy atom. The number of benzene rings is 1. The van der Waals surface area contributed by atoms with E-state index in [0.717, 1.165) is 17.2 Å². The van der Waals surface area contributed by atoms with Gasteiger partial charge in [-0.05, 0) is 12.1 Å². The molecule has 0 radical (unpaired) electrons. The molecule has 7 heteroatoms. The van der Waals surface area contributed by atoms with Gasteiger partial charge in [0.25, 0.3) is 0 Å². The molecule has 1 N–H and O–H groups in total. The van der Waals surface area contributed by atoms with Gasteiger partial charge in [0.2, 0.25) is 0 Å². The second-order valence-corrected chi connectivity index (χ2v) is 4.80. The number of carbonyl (C=O) groups is 1. The SMILES string of the molecule is CCc1nc2c(C(=O)O)cccc2n1Cc1nncn1C. The third-order valence-corrected chi connectivity index (χ3v) is 3.51. The van der Waals surface area contributed by atoms with Gasteiger partial charge in [-0.3, -0.25) is 0 Å². The molecule has 0 fully saturated rings. The Morgan fingerprint density at radius 2 is 2.14 bits per heavy atom. The average molecular weight is 285 g/mol. The Bertz CT molecular complexity index is 818. The zero-order chi connectivity index (χ0) is 15.0. The molecule has 21 heavy (non-hydrogen) atoms. The van der Waals surface area contributed by atoms with Gasteiger partial charge in [0, 0.05) is 13.5 Å². The number of carboxylic acid groups (broad SMARTS) is 1. The van der Waals surface area contributed by atoms with Crippen LogP contribution in [0.4, 0.5) is 0 Å². The average Bonchev–Trinajstić information content (AvgIpc) is 3.03. The van der Waals surface area contributed by atoms with E-state index in [2.05, 4.69) is 15.2 Å². The van der Waals surface area contributed by atoms with E-state index in [1.165, 1.54) is 0 Å². The van der Waals surface area contributed by atoms with E-state index in [4.69, 9.17) is 0 Å². The van der Waals surface area contributed by atoms with Crippen LogP contribution in [0.25, 0.3) is 11.0 Å². The molecule has 7 nitrogen and oxygen atoms in total. The Morgan fingerprint density at radius 3 is 2.76 bits per heavy atom. The highest BCUT2D eigenvalue weighted by Crippen LogP contribution is 2.21. The van der Waals surface area contributed by atoms with Crippen LogP contribution in [0.2, 0.25) is 0 Å². The number of imidazole rings is 1. The Labute approximate surface area is 120 Å². The minimum Gasteiger partial charge on any atom is -0.478 e. The van der Waals surface area contributed by atoms with E-state index >= 15 is 0 Å². The summed E-state index contributed by atoms with van der Waals surface area (Å²) in [5.74, 6) is 0.665. The molecule has 0 aliphatic heterocycles. The van der Waals surface area contributed by atoms with Gasteiger partial charge < -0.3 is 14.2 Å². The van der Waals surface area contributed by atoms with Crippen LogP contribution in [-0.2, 0) is 20.0 Å². The fraction of sp³-hybridized carbons (Fsp3) is 0.286. The van der Waals surface area contributed by atoms with Gasteiger partial charge >= 0.3 is 5.97 Å². The molecular formula is C14H15N5O2. The number of para-hydroxylation sites is 1. The minimum absolute atomic E-state index is 0.221. The van der Waals surface area contributed by atoms with E-state index in [1.54, 1.807) is 18.5 Å². The third kappa shape index (κ3) is 2.16. The van der Waals surface area contributed by atoms with Crippen molar-refractivity contribution in [2.24, 2.45) is 7.05 Å².